The van der Waals surface area contributed by atoms with Gasteiger partial charge in [0.25, 0.3) is 0 Å². The van der Waals surface area contributed by atoms with Gasteiger partial charge in [-0.1, -0.05) is 6.92 Å². The van der Waals surface area contributed by atoms with Crippen molar-refractivity contribution in [3.05, 3.63) is 0 Å². The van der Waals surface area contributed by atoms with Gasteiger partial charge in [0.1, 0.15) is 6.61 Å². The maximum atomic E-state index is 10.3. The van der Waals surface area contributed by atoms with Gasteiger partial charge in [-0.25, -0.2) is 4.79 Å². The SMILES string of the molecule is CC1CC(C)(COC(N)=O)CO1. The minimum absolute atomic E-state index is 0.0472. The summed E-state index contributed by atoms with van der Waals surface area (Å²) in [5.41, 5.74) is 4.81. The molecule has 1 amide bonds. The molecule has 0 saturated carbocycles. The van der Waals surface area contributed by atoms with E-state index in [1.165, 1.54) is 0 Å². The molecule has 1 rings (SSSR count). The summed E-state index contributed by atoms with van der Waals surface area (Å²) in [4.78, 5) is 10.3. The second-order valence-corrected chi connectivity index (χ2v) is 3.74. The van der Waals surface area contributed by atoms with Gasteiger partial charge in [-0.3, -0.25) is 0 Å². The van der Waals surface area contributed by atoms with Crippen LogP contribution in [0.15, 0.2) is 0 Å². The first-order valence-corrected chi connectivity index (χ1v) is 4.06. The number of carbonyl (C=O) groups excluding carboxylic acids is 1. The van der Waals surface area contributed by atoms with Gasteiger partial charge in [-0.15, -0.1) is 0 Å². The normalized spacial score (nSPS) is 35.0. The third kappa shape index (κ3) is 2.37. The zero-order valence-electron chi connectivity index (χ0n) is 7.50. The molecule has 1 saturated heterocycles. The fraction of sp³-hybridized carbons (Fsp3) is 0.875. The molecule has 0 aromatic carbocycles. The highest BCUT2D eigenvalue weighted by atomic mass is 16.5. The zero-order valence-corrected chi connectivity index (χ0v) is 7.50. The van der Waals surface area contributed by atoms with Gasteiger partial charge in [0.05, 0.1) is 12.7 Å². The van der Waals surface area contributed by atoms with E-state index in [0.29, 0.717) is 13.2 Å². The minimum atomic E-state index is -0.712. The Morgan fingerprint density at radius 3 is 2.92 bits per heavy atom. The van der Waals surface area contributed by atoms with E-state index in [-0.39, 0.29) is 11.5 Å². The summed E-state index contributed by atoms with van der Waals surface area (Å²) < 4.78 is 10.1. The molecule has 1 fully saturated rings. The summed E-state index contributed by atoms with van der Waals surface area (Å²) >= 11 is 0. The lowest BCUT2D eigenvalue weighted by molar-refractivity contribution is 0.0726. The van der Waals surface area contributed by atoms with Crippen molar-refractivity contribution in [3.8, 4) is 0 Å². The zero-order chi connectivity index (χ0) is 9.19. The molecule has 1 aliphatic heterocycles. The van der Waals surface area contributed by atoms with Crippen LogP contribution in [0.4, 0.5) is 4.79 Å². The van der Waals surface area contributed by atoms with E-state index in [9.17, 15) is 4.79 Å². The highest BCUT2D eigenvalue weighted by Crippen LogP contribution is 2.32. The molecule has 0 aromatic heterocycles. The van der Waals surface area contributed by atoms with E-state index in [1.54, 1.807) is 0 Å². The molecule has 0 radical (unpaired) electrons. The molecular formula is C8H15NO3. The lowest BCUT2D eigenvalue weighted by atomic mass is 9.89. The molecule has 2 atom stereocenters. The molecular weight excluding hydrogens is 158 g/mol. The van der Waals surface area contributed by atoms with Crippen LogP contribution in [0.3, 0.4) is 0 Å². The number of ether oxygens (including phenoxy) is 2. The molecule has 2 N–H and O–H groups in total. The standard InChI is InChI=1S/C8H15NO3/c1-6-3-8(2,4-11-6)5-12-7(9)10/h6H,3-5H2,1-2H3,(H2,9,10). The summed E-state index contributed by atoms with van der Waals surface area (Å²) in [7, 11) is 0. The maximum absolute atomic E-state index is 10.3. The molecule has 1 heterocycles. The van der Waals surface area contributed by atoms with E-state index in [4.69, 9.17) is 15.2 Å². The van der Waals surface area contributed by atoms with Crippen LogP contribution in [0, 0.1) is 5.41 Å². The molecule has 0 bridgehead atoms. The van der Waals surface area contributed by atoms with Crippen LogP contribution >= 0.6 is 0 Å². The molecule has 12 heavy (non-hydrogen) atoms. The Morgan fingerprint density at radius 2 is 2.50 bits per heavy atom. The maximum Gasteiger partial charge on any atom is 0.404 e. The number of hydrogen-bond donors (Lipinski definition) is 1. The minimum Gasteiger partial charge on any atom is -0.449 e. The summed E-state index contributed by atoms with van der Waals surface area (Å²) in [5, 5.41) is 0. The van der Waals surface area contributed by atoms with Gasteiger partial charge in [0, 0.05) is 5.41 Å². The van der Waals surface area contributed by atoms with Crippen molar-refractivity contribution >= 4 is 6.09 Å². The smallest absolute Gasteiger partial charge is 0.404 e. The lowest BCUT2D eigenvalue weighted by Crippen LogP contribution is -2.27. The van der Waals surface area contributed by atoms with Gasteiger partial charge in [0.15, 0.2) is 0 Å². The van der Waals surface area contributed by atoms with Crippen LogP contribution < -0.4 is 5.73 Å². The van der Waals surface area contributed by atoms with Gasteiger partial charge < -0.3 is 15.2 Å². The Kier molecular flexibility index (Phi) is 2.57. The fourth-order valence-electron chi connectivity index (χ4n) is 1.50. The Hall–Kier alpha value is -0.770. The predicted molar refractivity (Wildman–Crippen MR) is 43.7 cm³/mol. The topological polar surface area (TPSA) is 61.5 Å². The van der Waals surface area contributed by atoms with Crippen LogP contribution in [0.5, 0.6) is 0 Å². The van der Waals surface area contributed by atoms with Crippen molar-refractivity contribution in [3.63, 3.8) is 0 Å². The summed E-state index contributed by atoms with van der Waals surface area (Å²) in [6.45, 7) is 5.03. The third-order valence-corrected chi connectivity index (χ3v) is 2.06. The Labute approximate surface area is 72.0 Å². The number of rotatable bonds is 2. The average Bonchev–Trinajstić information content (AvgIpc) is 2.29. The van der Waals surface area contributed by atoms with E-state index in [2.05, 4.69) is 0 Å². The van der Waals surface area contributed by atoms with Crippen molar-refractivity contribution in [2.45, 2.75) is 26.4 Å². The van der Waals surface area contributed by atoms with Crippen LogP contribution in [0.2, 0.25) is 0 Å². The molecule has 0 aliphatic carbocycles. The van der Waals surface area contributed by atoms with E-state index >= 15 is 0 Å². The predicted octanol–water partition coefficient (Wildman–Crippen LogP) is 0.897. The Bertz CT molecular complexity index is 183. The van der Waals surface area contributed by atoms with Crippen LogP contribution in [0.25, 0.3) is 0 Å². The molecule has 4 nitrogen and oxygen atoms in total. The highest BCUT2D eigenvalue weighted by Gasteiger charge is 2.35. The van der Waals surface area contributed by atoms with Crippen LogP contribution in [-0.4, -0.2) is 25.4 Å². The quantitative estimate of drug-likeness (QED) is 0.674. The molecule has 70 valence electrons. The van der Waals surface area contributed by atoms with Crippen LogP contribution in [-0.2, 0) is 9.47 Å². The van der Waals surface area contributed by atoms with Gasteiger partial charge in [-0.05, 0) is 13.3 Å². The summed E-state index contributed by atoms with van der Waals surface area (Å²) in [6.07, 6.45) is 0.461. The first kappa shape index (κ1) is 9.32. The van der Waals surface area contributed by atoms with Gasteiger partial charge in [-0.2, -0.15) is 0 Å². The number of primary amides is 1. The van der Waals surface area contributed by atoms with Crippen LogP contribution in [0.1, 0.15) is 20.3 Å². The molecule has 4 heteroatoms. The Morgan fingerprint density at radius 1 is 1.83 bits per heavy atom. The van der Waals surface area contributed by atoms with Crippen molar-refractivity contribution in [1.29, 1.82) is 0 Å². The van der Waals surface area contributed by atoms with E-state index in [0.717, 1.165) is 6.42 Å². The number of amides is 1. The Balaban J connectivity index is 2.35. The fourth-order valence-corrected chi connectivity index (χ4v) is 1.50. The van der Waals surface area contributed by atoms with Gasteiger partial charge in [0.2, 0.25) is 0 Å². The third-order valence-electron chi connectivity index (χ3n) is 2.06. The average molecular weight is 173 g/mol. The van der Waals surface area contributed by atoms with E-state index in [1.807, 2.05) is 13.8 Å². The lowest BCUT2D eigenvalue weighted by Gasteiger charge is -2.20. The summed E-state index contributed by atoms with van der Waals surface area (Å²) in [5.74, 6) is 0. The van der Waals surface area contributed by atoms with E-state index < -0.39 is 6.09 Å². The molecule has 2 unspecified atom stereocenters. The van der Waals surface area contributed by atoms with Gasteiger partial charge >= 0.3 is 6.09 Å². The monoisotopic (exact) mass is 173 g/mol. The first-order valence-electron chi connectivity index (χ1n) is 4.06. The second kappa shape index (κ2) is 3.31. The highest BCUT2D eigenvalue weighted by molar-refractivity contribution is 5.64. The molecule has 0 aromatic rings. The summed E-state index contributed by atoms with van der Waals surface area (Å²) in [6, 6.07) is 0. The second-order valence-electron chi connectivity index (χ2n) is 3.74. The van der Waals surface area contributed by atoms with Crippen molar-refractivity contribution in [2.75, 3.05) is 13.2 Å². The first-order chi connectivity index (χ1) is 5.52. The molecule has 1 aliphatic rings. The largest absolute Gasteiger partial charge is 0.449 e. The number of nitrogens with two attached hydrogens (primary N) is 1. The van der Waals surface area contributed by atoms with Crippen molar-refractivity contribution in [2.24, 2.45) is 11.1 Å². The van der Waals surface area contributed by atoms with Crippen molar-refractivity contribution in [1.82, 2.24) is 0 Å². The number of carbonyl (C=O) groups is 1. The number of hydrogen-bond acceptors (Lipinski definition) is 3. The van der Waals surface area contributed by atoms with Crippen molar-refractivity contribution < 1.29 is 14.3 Å². The molecule has 0 spiro atoms.